The van der Waals surface area contributed by atoms with E-state index in [0.29, 0.717) is 17.4 Å². The Morgan fingerprint density at radius 2 is 1.83 bits per heavy atom. The smallest absolute Gasteiger partial charge is 0.224 e. The van der Waals surface area contributed by atoms with Crippen molar-refractivity contribution in [3.63, 3.8) is 0 Å². The molecular weight excluding hydrogens is 322 g/mol. The van der Waals surface area contributed by atoms with Crippen LogP contribution in [0.1, 0.15) is 24.0 Å². The number of halogens is 1. The van der Waals surface area contributed by atoms with Gasteiger partial charge >= 0.3 is 0 Å². The average Bonchev–Trinajstić information content (AvgIpc) is 2.52. The van der Waals surface area contributed by atoms with Gasteiger partial charge in [0, 0.05) is 11.1 Å². The molecule has 1 aliphatic carbocycles. The molecule has 0 aliphatic heterocycles. The number of carbonyl (C=O) groups is 1. The van der Waals surface area contributed by atoms with Gasteiger partial charge in [-0.1, -0.05) is 54.1 Å². The van der Waals surface area contributed by atoms with Gasteiger partial charge in [0.1, 0.15) is 0 Å². The van der Waals surface area contributed by atoms with Gasteiger partial charge in [0.2, 0.25) is 5.91 Å². The maximum Gasteiger partial charge on any atom is 0.224 e. The second kappa shape index (κ2) is 7.82. The topological polar surface area (TPSA) is 49.3 Å². The predicted molar refractivity (Wildman–Crippen MR) is 96.0 cm³/mol. The zero-order chi connectivity index (χ0) is 16.9. The molecule has 24 heavy (non-hydrogen) atoms. The summed E-state index contributed by atoms with van der Waals surface area (Å²) in [6.45, 7) is 0. The third-order valence-electron chi connectivity index (χ3n) is 4.62. The maximum atomic E-state index is 12.4. The third kappa shape index (κ3) is 4.59. The molecule has 1 aliphatic rings. The Bertz CT molecular complexity index is 683. The van der Waals surface area contributed by atoms with E-state index in [-0.39, 0.29) is 18.1 Å². The van der Waals surface area contributed by atoms with E-state index >= 15 is 0 Å². The highest BCUT2D eigenvalue weighted by atomic mass is 35.5. The van der Waals surface area contributed by atoms with Gasteiger partial charge in [-0.25, -0.2) is 0 Å². The quantitative estimate of drug-likeness (QED) is 0.844. The van der Waals surface area contributed by atoms with E-state index in [1.54, 1.807) is 6.07 Å². The number of aliphatic hydroxyl groups excluding tert-OH is 1. The zero-order valence-corrected chi connectivity index (χ0v) is 14.2. The first-order valence-electron chi connectivity index (χ1n) is 8.36. The molecule has 3 rings (SSSR count). The number of carbonyl (C=O) groups excluding carboxylic acids is 1. The normalized spacial score (nSPS) is 20.9. The second-order valence-corrected chi connectivity index (χ2v) is 6.99. The Kier molecular flexibility index (Phi) is 5.54. The van der Waals surface area contributed by atoms with Gasteiger partial charge in [-0.15, -0.1) is 0 Å². The molecule has 4 heteroatoms. The number of hydrogen-bond acceptors (Lipinski definition) is 2. The number of aliphatic hydroxyl groups is 1. The number of rotatable bonds is 6. The molecule has 1 atom stereocenters. The van der Waals surface area contributed by atoms with E-state index in [9.17, 15) is 9.90 Å². The van der Waals surface area contributed by atoms with Crippen LogP contribution < -0.4 is 5.32 Å². The molecule has 0 radical (unpaired) electrons. The molecule has 1 amide bonds. The first-order valence-corrected chi connectivity index (χ1v) is 8.74. The van der Waals surface area contributed by atoms with Gasteiger partial charge in [-0.05, 0) is 48.4 Å². The fourth-order valence-corrected chi connectivity index (χ4v) is 3.47. The van der Waals surface area contributed by atoms with Crippen LogP contribution in [0.2, 0.25) is 5.02 Å². The first kappa shape index (κ1) is 17.0. The van der Waals surface area contributed by atoms with Gasteiger partial charge in [0.25, 0.3) is 0 Å². The maximum absolute atomic E-state index is 12.4. The van der Waals surface area contributed by atoms with Crippen molar-refractivity contribution >= 4 is 17.5 Å². The fraction of sp³-hybridized carbons (Fsp3) is 0.350. The van der Waals surface area contributed by atoms with E-state index in [1.807, 2.05) is 36.4 Å². The van der Waals surface area contributed by atoms with E-state index in [2.05, 4.69) is 17.4 Å². The molecule has 0 spiro atoms. The molecule has 2 aromatic carbocycles. The predicted octanol–water partition coefficient (Wildman–Crippen LogP) is 3.38. The second-order valence-electron chi connectivity index (χ2n) is 6.56. The molecule has 2 aromatic rings. The number of nitrogens with one attached hydrogen (secondary N) is 1. The van der Waals surface area contributed by atoms with Crippen LogP contribution in [0.3, 0.4) is 0 Å². The van der Waals surface area contributed by atoms with Gasteiger partial charge in [-0.2, -0.15) is 0 Å². The summed E-state index contributed by atoms with van der Waals surface area (Å²) >= 11 is 5.98. The van der Waals surface area contributed by atoms with Crippen LogP contribution in [-0.2, 0) is 17.6 Å². The Hall–Kier alpha value is -1.84. The molecular formula is C20H22ClNO2. The summed E-state index contributed by atoms with van der Waals surface area (Å²) in [4.78, 5) is 12.4. The molecule has 0 saturated heterocycles. The van der Waals surface area contributed by atoms with Crippen molar-refractivity contribution in [2.75, 3.05) is 0 Å². The van der Waals surface area contributed by atoms with E-state index < -0.39 is 0 Å². The SMILES string of the molecule is O=C(Cc1cccc(Cl)c1)N[C@H](Cc1ccccc1)C1CC(O)C1. The Labute approximate surface area is 147 Å². The van der Waals surface area contributed by atoms with Crippen LogP contribution in [0.25, 0.3) is 0 Å². The van der Waals surface area contributed by atoms with Crippen LogP contribution in [0, 0.1) is 5.92 Å². The lowest BCUT2D eigenvalue weighted by Gasteiger charge is -2.38. The lowest BCUT2D eigenvalue weighted by Crippen LogP contribution is -2.48. The van der Waals surface area contributed by atoms with Crippen LogP contribution in [0.15, 0.2) is 54.6 Å². The summed E-state index contributed by atoms with van der Waals surface area (Å²) in [6.07, 6.45) is 2.41. The zero-order valence-electron chi connectivity index (χ0n) is 13.5. The monoisotopic (exact) mass is 343 g/mol. The summed E-state index contributed by atoms with van der Waals surface area (Å²) in [5.74, 6) is 0.336. The van der Waals surface area contributed by atoms with Crippen molar-refractivity contribution in [3.8, 4) is 0 Å². The molecule has 126 valence electrons. The Morgan fingerprint density at radius 3 is 2.50 bits per heavy atom. The van der Waals surface area contributed by atoms with Crippen molar-refractivity contribution in [2.24, 2.45) is 5.92 Å². The molecule has 2 N–H and O–H groups in total. The number of amides is 1. The van der Waals surface area contributed by atoms with Crippen molar-refractivity contribution in [1.29, 1.82) is 0 Å². The summed E-state index contributed by atoms with van der Waals surface area (Å²) in [5.41, 5.74) is 2.11. The first-order chi connectivity index (χ1) is 11.6. The fourth-order valence-electron chi connectivity index (χ4n) is 3.25. The van der Waals surface area contributed by atoms with Crippen molar-refractivity contribution in [1.82, 2.24) is 5.32 Å². The Morgan fingerprint density at radius 1 is 1.12 bits per heavy atom. The Balaban J connectivity index is 1.63. The molecule has 0 unspecified atom stereocenters. The third-order valence-corrected chi connectivity index (χ3v) is 4.85. The van der Waals surface area contributed by atoms with Gasteiger partial charge in [0.05, 0.1) is 12.5 Å². The van der Waals surface area contributed by atoms with Gasteiger partial charge in [-0.3, -0.25) is 4.79 Å². The van der Waals surface area contributed by atoms with Crippen molar-refractivity contribution in [2.45, 2.75) is 37.8 Å². The standard InChI is InChI=1S/C20H22ClNO2/c21-17-8-4-7-15(9-17)11-20(24)22-19(16-12-18(23)13-16)10-14-5-2-1-3-6-14/h1-9,16,18-19,23H,10-13H2,(H,22,24)/t16?,18?,19-/m1/s1. The minimum atomic E-state index is -0.224. The van der Waals surface area contributed by atoms with Gasteiger partial charge < -0.3 is 10.4 Å². The summed E-state index contributed by atoms with van der Waals surface area (Å²) in [6, 6.07) is 17.6. The van der Waals surface area contributed by atoms with Crippen LogP contribution in [-0.4, -0.2) is 23.2 Å². The van der Waals surface area contributed by atoms with Crippen molar-refractivity contribution in [3.05, 3.63) is 70.7 Å². The summed E-state index contributed by atoms with van der Waals surface area (Å²) in [5, 5.41) is 13.4. The molecule has 3 nitrogen and oxygen atoms in total. The van der Waals surface area contributed by atoms with Crippen molar-refractivity contribution < 1.29 is 9.90 Å². The number of benzene rings is 2. The van der Waals surface area contributed by atoms with E-state index in [0.717, 1.165) is 24.8 Å². The highest BCUT2D eigenvalue weighted by molar-refractivity contribution is 6.30. The molecule has 0 heterocycles. The van der Waals surface area contributed by atoms with Gasteiger partial charge in [0.15, 0.2) is 0 Å². The molecule has 1 fully saturated rings. The highest BCUT2D eigenvalue weighted by Crippen LogP contribution is 2.31. The minimum Gasteiger partial charge on any atom is -0.393 e. The highest BCUT2D eigenvalue weighted by Gasteiger charge is 2.34. The number of hydrogen-bond donors (Lipinski definition) is 2. The summed E-state index contributed by atoms with van der Waals surface area (Å²) < 4.78 is 0. The van der Waals surface area contributed by atoms with Crippen LogP contribution in [0.5, 0.6) is 0 Å². The summed E-state index contributed by atoms with van der Waals surface area (Å²) in [7, 11) is 0. The van der Waals surface area contributed by atoms with E-state index in [4.69, 9.17) is 11.6 Å². The van der Waals surface area contributed by atoms with Crippen LogP contribution >= 0.6 is 11.6 Å². The van der Waals surface area contributed by atoms with E-state index in [1.165, 1.54) is 5.56 Å². The molecule has 0 bridgehead atoms. The lowest BCUT2D eigenvalue weighted by atomic mass is 9.75. The van der Waals surface area contributed by atoms with Crippen LogP contribution in [0.4, 0.5) is 0 Å². The lowest BCUT2D eigenvalue weighted by molar-refractivity contribution is -0.122. The molecule has 0 aromatic heterocycles. The molecule has 1 saturated carbocycles. The largest absolute Gasteiger partial charge is 0.393 e. The minimum absolute atomic E-state index is 0.000382. The average molecular weight is 344 g/mol.